The van der Waals surface area contributed by atoms with Gasteiger partial charge in [0.2, 0.25) is 9.84 Å². The van der Waals surface area contributed by atoms with Crippen molar-refractivity contribution in [2.45, 2.75) is 41.2 Å². The van der Waals surface area contributed by atoms with Crippen molar-refractivity contribution in [1.29, 1.82) is 0 Å². The lowest BCUT2D eigenvalue weighted by Crippen LogP contribution is -2.13. The zero-order valence-electron chi connectivity index (χ0n) is 18.0. The molecule has 0 radical (unpaired) electrons. The van der Waals surface area contributed by atoms with Crippen LogP contribution in [0.15, 0.2) is 87.5 Å². The summed E-state index contributed by atoms with van der Waals surface area (Å²) in [7, 11) is -7.79. The number of aromatic nitrogens is 1. The van der Waals surface area contributed by atoms with E-state index < -0.39 is 25.4 Å². The van der Waals surface area contributed by atoms with Gasteiger partial charge in [-0.25, -0.2) is 16.8 Å². The van der Waals surface area contributed by atoms with E-state index in [1.54, 1.807) is 30.3 Å². The number of pyridine rings is 1. The van der Waals surface area contributed by atoms with Gasteiger partial charge in [0, 0.05) is 5.39 Å². The Balaban J connectivity index is 1.93. The molecule has 1 aromatic heterocycles. The van der Waals surface area contributed by atoms with Gasteiger partial charge in [-0.3, -0.25) is 4.98 Å². The number of benzene rings is 3. The molecule has 0 atom stereocenters. The second kappa shape index (κ2) is 8.15. The van der Waals surface area contributed by atoms with Gasteiger partial charge in [-0.2, -0.15) is 0 Å². The first-order valence-corrected chi connectivity index (χ1v) is 13.2. The fraction of sp³-hybridized carbons (Fsp3) is 0.160. The largest absolute Gasteiger partial charge is 0.250 e. The maximum atomic E-state index is 13.5. The predicted octanol–water partition coefficient (Wildman–Crippen LogP) is 4.97. The van der Waals surface area contributed by atoms with E-state index >= 15 is 0 Å². The van der Waals surface area contributed by atoms with Crippen molar-refractivity contribution in [2.24, 2.45) is 0 Å². The minimum absolute atomic E-state index is 0.0213. The molecule has 0 unspecified atom stereocenters. The molecule has 0 spiro atoms. The third kappa shape index (κ3) is 4.18. The van der Waals surface area contributed by atoms with Gasteiger partial charge in [0.15, 0.2) is 9.84 Å². The summed E-state index contributed by atoms with van der Waals surface area (Å²) < 4.78 is 53.4. The standard InChI is InChI=1S/C25H23NO4S2/c1-17-7-11-21(12-8-17)31(27,28)16-23-24(15-20-6-4-5-19(3)25(20)26-23)32(29,30)22-13-9-18(2)10-14-22/h4-15H,16H2,1-3H3. The molecule has 164 valence electrons. The lowest BCUT2D eigenvalue weighted by Gasteiger charge is -2.14. The number of sulfone groups is 2. The highest BCUT2D eigenvalue weighted by molar-refractivity contribution is 7.92. The van der Waals surface area contributed by atoms with Crippen LogP contribution in [0.25, 0.3) is 10.9 Å². The van der Waals surface area contributed by atoms with Crippen LogP contribution < -0.4 is 0 Å². The smallest absolute Gasteiger partial charge is 0.208 e. The highest BCUT2D eigenvalue weighted by atomic mass is 32.2. The third-order valence-corrected chi connectivity index (χ3v) is 8.88. The van der Waals surface area contributed by atoms with Gasteiger partial charge in [0.05, 0.1) is 31.6 Å². The van der Waals surface area contributed by atoms with E-state index in [9.17, 15) is 16.8 Å². The second-order valence-electron chi connectivity index (χ2n) is 7.97. The molecule has 1 heterocycles. The fourth-order valence-electron chi connectivity index (χ4n) is 3.55. The van der Waals surface area contributed by atoms with Crippen molar-refractivity contribution in [1.82, 2.24) is 4.98 Å². The number of hydrogen-bond acceptors (Lipinski definition) is 5. The van der Waals surface area contributed by atoms with E-state index in [-0.39, 0.29) is 20.4 Å². The summed E-state index contributed by atoms with van der Waals surface area (Å²) in [5, 5.41) is 0.646. The van der Waals surface area contributed by atoms with Gasteiger partial charge in [0.25, 0.3) is 0 Å². The number of para-hydroxylation sites is 1. The molecule has 0 fully saturated rings. The van der Waals surface area contributed by atoms with E-state index in [0.29, 0.717) is 10.9 Å². The van der Waals surface area contributed by atoms with Gasteiger partial charge >= 0.3 is 0 Å². The monoisotopic (exact) mass is 465 g/mol. The maximum Gasteiger partial charge on any atom is 0.208 e. The van der Waals surface area contributed by atoms with Crippen LogP contribution in [0.1, 0.15) is 22.4 Å². The molecule has 0 aliphatic carbocycles. The van der Waals surface area contributed by atoms with E-state index in [0.717, 1.165) is 16.7 Å². The number of aryl methyl sites for hydroxylation is 3. The first-order valence-electron chi connectivity index (χ1n) is 10.1. The molecule has 0 aliphatic heterocycles. The third-order valence-electron chi connectivity index (χ3n) is 5.41. The van der Waals surface area contributed by atoms with Gasteiger partial charge in [-0.05, 0) is 56.7 Å². The van der Waals surface area contributed by atoms with Gasteiger partial charge < -0.3 is 0 Å². The number of fused-ring (bicyclic) bond motifs is 1. The van der Waals surface area contributed by atoms with Crippen LogP contribution in [-0.4, -0.2) is 21.8 Å². The molecule has 3 aromatic carbocycles. The minimum atomic E-state index is -3.98. The van der Waals surface area contributed by atoms with E-state index in [4.69, 9.17) is 0 Å². The number of nitrogens with zero attached hydrogens (tertiary/aromatic N) is 1. The van der Waals surface area contributed by atoms with Gasteiger partial charge in [-0.15, -0.1) is 0 Å². The average Bonchev–Trinajstić information content (AvgIpc) is 2.74. The Morgan fingerprint density at radius 3 is 1.88 bits per heavy atom. The lowest BCUT2D eigenvalue weighted by molar-refractivity contribution is 0.591. The highest BCUT2D eigenvalue weighted by Crippen LogP contribution is 2.30. The van der Waals surface area contributed by atoms with Crippen molar-refractivity contribution < 1.29 is 16.8 Å². The molecule has 5 nitrogen and oxygen atoms in total. The molecule has 0 N–H and O–H groups in total. The fourth-order valence-corrected chi connectivity index (χ4v) is 6.40. The first-order chi connectivity index (χ1) is 15.1. The summed E-state index contributed by atoms with van der Waals surface area (Å²) in [5.41, 5.74) is 3.32. The van der Waals surface area contributed by atoms with Crippen LogP contribution in [-0.2, 0) is 25.4 Å². The van der Waals surface area contributed by atoms with Crippen LogP contribution in [0.4, 0.5) is 0 Å². The Labute approximate surface area is 188 Å². The summed E-state index contributed by atoms with van der Waals surface area (Å²) in [6, 6.07) is 20.0. The highest BCUT2D eigenvalue weighted by Gasteiger charge is 2.27. The Morgan fingerprint density at radius 2 is 1.28 bits per heavy atom. The molecule has 32 heavy (non-hydrogen) atoms. The minimum Gasteiger partial charge on any atom is -0.250 e. The quantitative estimate of drug-likeness (QED) is 0.416. The number of rotatable bonds is 5. The van der Waals surface area contributed by atoms with Crippen LogP contribution in [0.2, 0.25) is 0 Å². The molecule has 4 aromatic rings. The average molecular weight is 466 g/mol. The van der Waals surface area contributed by atoms with Crippen LogP contribution >= 0.6 is 0 Å². The van der Waals surface area contributed by atoms with Crippen LogP contribution in [0.5, 0.6) is 0 Å². The summed E-state index contributed by atoms with van der Waals surface area (Å²) in [6.45, 7) is 5.61. The summed E-state index contributed by atoms with van der Waals surface area (Å²) in [5.74, 6) is -0.513. The Kier molecular flexibility index (Phi) is 5.65. The molecule has 7 heteroatoms. The van der Waals surface area contributed by atoms with Crippen molar-refractivity contribution in [2.75, 3.05) is 0 Å². The van der Waals surface area contributed by atoms with Crippen molar-refractivity contribution >= 4 is 30.6 Å². The molecule has 0 bridgehead atoms. The SMILES string of the molecule is Cc1ccc(S(=O)(=O)Cc2nc3c(C)cccc3cc2S(=O)(=O)c2ccc(C)cc2)cc1. The van der Waals surface area contributed by atoms with Crippen molar-refractivity contribution in [3.63, 3.8) is 0 Å². The molecule has 0 aliphatic rings. The number of hydrogen-bond donors (Lipinski definition) is 0. The Morgan fingerprint density at radius 1 is 0.719 bits per heavy atom. The Hall–Kier alpha value is -3.03. The second-order valence-corrected chi connectivity index (χ2v) is 11.9. The van der Waals surface area contributed by atoms with Crippen LogP contribution in [0.3, 0.4) is 0 Å². The topological polar surface area (TPSA) is 81.2 Å². The van der Waals surface area contributed by atoms with Crippen molar-refractivity contribution in [3.8, 4) is 0 Å². The Bertz CT molecular complexity index is 1520. The normalized spacial score (nSPS) is 12.2. The molecule has 0 amide bonds. The zero-order chi connectivity index (χ0) is 23.1. The van der Waals surface area contributed by atoms with Crippen molar-refractivity contribution in [3.05, 3.63) is 95.2 Å². The van der Waals surface area contributed by atoms with E-state index in [1.165, 1.54) is 30.3 Å². The van der Waals surface area contributed by atoms with Crippen LogP contribution in [0, 0.1) is 20.8 Å². The predicted molar refractivity (Wildman–Crippen MR) is 125 cm³/mol. The summed E-state index contributed by atoms with van der Waals surface area (Å²) in [4.78, 5) is 4.70. The molecular formula is C25H23NO4S2. The first kappa shape index (κ1) is 22.2. The van der Waals surface area contributed by atoms with E-state index in [1.807, 2.05) is 32.9 Å². The molecule has 4 rings (SSSR count). The maximum absolute atomic E-state index is 13.5. The van der Waals surface area contributed by atoms with Gasteiger partial charge in [-0.1, -0.05) is 53.6 Å². The molecular weight excluding hydrogens is 442 g/mol. The molecule has 0 saturated carbocycles. The summed E-state index contributed by atoms with van der Waals surface area (Å²) in [6.07, 6.45) is 0. The zero-order valence-corrected chi connectivity index (χ0v) is 19.7. The molecule has 0 saturated heterocycles. The van der Waals surface area contributed by atoms with E-state index in [2.05, 4.69) is 4.98 Å². The van der Waals surface area contributed by atoms with Gasteiger partial charge in [0.1, 0.15) is 0 Å². The lowest BCUT2D eigenvalue weighted by atomic mass is 10.1. The summed E-state index contributed by atoms with van der Waals surface area (Å²) >= 11 is 0.